The van der Waals surface area contributed by atoms with Gasteiger partial charge >= 0.3 is 0 Å². The van der Waals surface area contributed by atoms with E-state index in [-0.39, 0.29) is 57.6 Å². The van der Waals surface area contributed by atoms with Crippen molar-refractivity contribution in [1.82, 2.24) is 0 Å². The first-order chi connectivity index (χ1) is 12.9. The molecule has 6 nitrogen and oxygen atoms in total. The number of Topliss-reactive ketones (excluding diaryl/α,β-unsaturated/α-hetero) is 1. The zero-order valence-corrected chi connectivity index (χ0v) is 15.0. The van der Waals surface area contributed by atoms with Gasteiger partial charge in [-0.05, 0) is 32.3 Å². The van der Waals surface area contributed by atoms with Crippen LogP contribution in [0.15, 0.2) is 18.2 Å². The third kappa shape index (κ3) is 2.29. The van der Waals surface area contributed by atoms with Crippen LogP contribution >= 0.6 is 0 Å². The lowest BCUT2D eigenvalue weighted by atomic mass is 9.75. The van der Waals surface area contributed by atoms with E-state index in [1.54, 1.807) is 12.1 Å². The Morgan fingerprint density at radius 1 is 1.04 bits per heavy atom. The van der Waals surface area contributed by atoms with Gasteiger partial charge in [-0.1, -0.05) is 12.1 Å². The number of methoxy groups -OCH3 is 1. The predicted octanol–water partition coefficient (Wildman–Crippen LogP) is 2.58. The van der Waals surface area contributed by atoms with Crippen molar-refractivity contribution in [3.63, 3.8) is 0 Å². The highest BCUT2D eigenvalue weighted by molar-refractivity contribution is 6.31. The molecule has 0 amide bonds. The Balaban J connectivity index is 1.99. The van der Waals surface area contributed by atoms with Gasteiger partial charge in [-0.2, -0.15) is 0 Å². The summed E-state index contributed by atoms with van der Waals surface area (Å²) in [4.78, 5) is 37.9. The molecule has 0 heterocycles. The number of carbonyl (C=O) groups excluding carboxylic acids is 3. The van der Waals surface area contributed by atoms with Crippen molar-refractivity contribution >= 4 is 17.3 Å². The summed E-state index contributed by atoms with van der Waals surface area (Å²) in [5, 5.41) is 21.6. The predicted molar refractivity (Wildman–Crippen MR) is 95.8 cm³/mol. The second kappa shape index (κ2) is 5.94. The number of ketones is 3. The van der Waals surface area contributed by atoms with Crippen molar-refractivity contribution in [2.24, 2.45) is 5.92 Å². The van der Waals surface area contributed by atoms with Gasteiger partial charge < -0.3 is 14.9 Å². The molecule has 0 aliphatic heterocycles. The maximum atomic E-state index is 13.1. The third-order valence-electron chi connectivity index (χ3n) is 5.60. The number of rotatable bonds is 2. The largest absolute Gasteiger partial charge is 0.507 e. The van der Waals surface area contributed by atoms with Crippen molar-refractivity contribution in [2.45, 2.75) is 26.2 Å². The molecule has 2 aliphatic rings. The van der Waals surface area contributed by atoms with Crippen molar-refractivity contribution in [2.75, 3.05) is 7.11 Å². The molecule has 2 aliphatic carbocycles. The first kappa shape index (κ1) is 17.3. The summed E-state index contributed by atoms with van der Waals surface area (Å²) in [7, 11) is 1.40. The van der Waals surface area contributed by atoms with Crippen molar-refractivity contribution in [1.29, 1.82) is 0 Å². The van der Waals surface area contributed by atoms with Crippen LogP contribution in [0.1, 0.15) is 56.3 Å². The van der Waals surface area contributed by atoms with Crippen molar-refractivity contribution < 1.29 is 29.3 Å². The summed E-state index contributed by atoms with van der Waals surface area (Å²) in [6.45, 7) is 1.49. The van der Waals surface area contributed by atoms with Crippen LogP contribution in [0.3, 0.4) is 0 Å². The molecule has 0 saturated carbocycles. The molecule has 6 heteroatoms. The highest BCUT2D eigenvalue weighted by Gasteiger charge is 2.40. The highest BCUT2D eigenvalue weighted by Crippen LogP contribution is 2.47. The van der Waals surface area contributed by atoms with Crippen LogP contribution in [-0.4, -0.2) is 34.7 Å². The van der Waals surface area contributed by atoms with E-state index >= 15 is 0 Å². The number of benzene rings is 2. The summed E-state index contributed by atoms with van der Waals surface area (Å²) < 4.78 is 5.21. The monoisotopic (exact) mass is 366 g/mol. The zero-order chi connectivity index (χ0) is 19.5. The third-order valence-corrected chi connectivity index (χ3v) is 5.60. The van der Waals surface area contributed by atoms with Gasteiger partial charge in [-0.3, -0.25) is 14.4 Å². The molecule has 0 bridgehead atoms. The van der Waals surface area contributed by atoms with E-state index < -0.39 is 11.6 Å². The number of ether oxygens (including phenoxy) is 1. The lowest BCUT2D eigenvalue weighted by Crippen LogP contribution is -2.26. The Morgan fingerprint density at radius 3 is 2.37 bits per heavy atom. The molecule has 0 radical (unpaired) electrons. The van der Waals surface area contributed by atoms with Crippen LogP contribution in [0.25, 0.3) is 0 Å². The topological polar surface area (TPSA) is 101 Å². The fourth-order valence-corrected chi connectivity index (χ4v) is 4.15. The normalized spacial score (nSPS) is 17.8. The highest BCUT2D eigenvalue weighted by atomic mass is 16.5. The number of hydrogen-bond donors (Lipinski definition) is 2. The Bertz CT molecular complexity index is 1030. The summed E-state index contributed by atoms with van der Waals surface area (Å²) >= 11 is 0. The number of hydrogen-bond acceptors (Lipinski definition) is 6. The average molecular weight is 366 g/mol. The van der Waals surface area contributed by atoms with E-state index in [1.807, 2.05) is 0 Å². The lowest BCUT2D eigenvalue weighted by Gasteiger charge is -2.29. The van der Waals surface area contributed by atoms with E-state index in [2.05, 4.69) is 0 Å². The molecule has 2 N–H and O–H groups in total. The molecule has 2 aromatic rings. The van der Waals surface area contributed by atoms with Gasteiger partial charge in [0.25, 0.3) is 0 Å². The van der Waals surface area contributed by atoms with Gasteiger partial charge in [0.2, 0.25) is 5.78 Å². The quantitative estimate of drug-likeness (QED) is 0.676. The minimum Gasteiger partial charge on any atom is -0.507 e. The standard InChI is InChI=1S/C21H18O6/c1-9(22)10-6-7-11-13(8-10)20(25)16-17(18(11)23)21(26)15-12(19(16)24)4-3-5-14(15)27-2/h3-5,10,23,25H,6-8H2,1-2H3/t10-/m0/s1. The number of fused-ring (bicyclic) bond motifs is 3. The summed E-state index contributed by atoms with van der Waals surface area (Å²) in [6, 6.07) is 4.66. The number of carbonyl (C=O) groups is 3. The van der Waals surface area contributed by atoms with Crippen LogP contribution < -0.4 is 4.74 Å². The summed E-state index contributed by atoms with van der Waals surface area (Å²) in [5.74, 6) is -1.73. The van der Waals surface area contributed by atoms with E-state index in [0.717, 1.165) is 0 Å². The molecule has 1 atom stereocenters. The van der Waals surface area contributed by atoms with Crippen LogP contribution in [0.5, 0.6) is 17.2 Å². The van der Waals surface area contributed by atoms with Crippen LogP contribution in [-0.2, 0) is 17.6 Å². The van der Waals surface area contributed by atoms with Crippen molar-refractivity contribution in [3.05, 3.63) is 51.6 Å². The minimum atomic E-state index is -0.554. The molecule has 4 rings (SSSR count). The maximum Gasteiger partial charge on any atom is 0.202 e. The fourth-order valence-electron chi connectivity index (χ4n) is 4.15. The van der Waals surface area contributed by atoms with E-state index in [1.165, 1.54) is 20.1 Å². The van der Waals surface area contributed by atoms with Crippen LogP contribution in [0.2, 0.25) is 0 Å². The Kier molecular flexibility index (Phi) is 3.80. The number of phenolic OH excluding ortho intramolecular Hbond substituents is 2. The second-order valence-corrected chi connectivity index (χ2v) is 7.00. The van der Waals surface area contributed by atoms with Gasteiger partial charge in [0.1, 0.15) is 23.0 Å². The zero-order valence-electron chi connectivity index (χ0n) is 15.0. The molecule has 138 valence electrons. The van der Waals surface area contributed by atoms with Gasteiger partial charge in [-0.15, -0.1) is 0 Å². The minimum absolute atomic E-state index is 0.00487. The molecule has 0 aromatic heterocycles. The number of phenols is 2. The van der Waals surface area contributed by atoms with E-state index in [0.29, 0.717) is 24.0 Å². The first-order valence-corrected chi connectivity index (χ1v) is 8.73. The Hall–Kier alpha value is -3.15. The van der Waals surface area contributed by atoms with E-state index in [9.17, 15) is 24.6 Å². The van der Waals surface area contributed by atoms with Crippen LogP contribution in [0.4, 0.5) is 0 Å². The SMILES string of the molecule is COc1cccc2c1C(=O)c1c(O)c3c(c(O)c1C2=O)C[C@@H](C(C)=O)CC3. The molecule has 2 aromatic carbocycles. The number of aromatic hydroxyl groups is 2. The fraction of sp³-hybridized carbons (Fsp3) is 0.286. The van der Waals surface area contributed by atoms with Gasteiger partial charge in [0, 0.05) is 22.6 Å². The summed E-state index contributed by atoms with van der Waals surface area (Å²) in [6.07, 6.45) is 1.12. The molecular formula is C21H18O6. The van der Waals surface area contributed by atoms with Crippen molar-refractivity contribution in [3.8, 4) is 17.2 Å². The lowest BCUT2D eigenvalue weighted by molar-refractivity contribution is -0.121. The molecule has 0 unspecified atom stereocenters. The average Bonchev–Trinajstić information content (AvgIpc) is 2.67. The second-order valence-electron chi connectivity index (χ2n) is 7.00. The smallest absolute Gasteiger partial charge is 0.202 e. The Labute approximate surface area is 155 Å². The molecule has 0 saturated heterocycles. The van der Waals surface area contributed by atoms with E-state index in [4.69, 9.17) is 4.74 Å². The van der Waals surface area contributed by atoms with Gasteiger partial charge in [0.15, 0.2) is 5.78 Å². The molecule has 0 spiro atoms. The molecule has 27 heavy (non-hydrogen) atoms. The maximum absolute atomic E-state index is 13.1. The first-order valence-electron chi connectivity index (χ1n) is 8.73. The molecule has 0 fully saturated rings. The van der Waals surface area contributed by atoms with Gasteiger partial charge in [-0.25, -0.2) is 0 Å². The molecular weight excluding hydrogens is 348 g/mol. The van der Waals surface area contributed by atoms with Gasteiger partial charge in [0.05, 0.1) is 23.8 Å². The summed E-state index contributed by atoms with van der Waals surface area (Å²) in [5.41, 5.74) is 0.647. The Morgan fingerprint density at radius 2 is 1.70 bits per heavy atom. The van der Waals surface area contributed by atoms with Crippen LogP contribution in [0, 0.1) is 5.92 Å².